The largest absolute Gasteiger partial charge is 0.459 e. The highest BCUT2D eigenvalue weighted by Gasteiger charge is 2.62. The number of aliphatic hydroxyl groups excluding tert-OH is 2. The molecule has 2 amide bonds. The van der Waals surface area contributed by atoms with E-state index in [1.54, 1.807) is 0 Å². The van der Waals surface area contributed by atoms with Gasteiger partial charge in [0.15, 0.2) is 0 Å². The van der Waals surface area contributed by atoms with Gasteiger partial charge in [-0.15, -0.1) is 0 Å². The molecule has 8 nitrogen and oxygen atoms in total. The summed E-state index contributed by atoms with van der Waals surface area (Å²) >= 11 is 0. The van der Waals surface area contributed by atoms with Gasteiger partial charge in [-0.25, -0.2) is 13.6 Å². The number of halogens is 2. The second kappa shape index (κ2) is 15.9. The molecule has 0 heterocycles. The van der Waals surface area contributed by atoms with Crippen LogP contribution in [-0.2, 0) is 25.7 Å². The third-order valence-corrected chi connectivity index (χ3v) is 14.0. The van der Waals surface area contributed by atoms with Gasteiger partial charge in [0.05, 0.1) is 17.9 Å². The lowest BCUT2D eigenvalue weighted by Crippen LogP contribution is -2.58. The Morgan fingerprint density at radius 2 is 1.60 bits per heavy atom. The van der Waals surface area contributed by atoms with Gasteiger partial charge < -0.3 is 25.6 Å². The van der Waals surface area contributed by atoms with Crippen LogP contribution in [0.25, 0.3) is 0 Å². The summed E-state index contributed by atoms with van der Waals surface area (Å²) < 4.78 is 33.0. The number of anilines is 1. The van der Waals surface area contributed by atoms with Gasteiger partial charge >= 0.3 is 5.97 Å². The zero-order valence-electron chi connectivity index (χ0n) is 30.8. The molecule has 4 saturated carbocycles. The number of esters is 1. The lowest BCUT2D eigenvalue weighted by molar-refractivity contribution is -0.174. The van der Waals surface area contributed by atoms with Gasteiger partial charge in [-0.05, 0) is 128 Å². The third kappa shape index (κ3) is 8.08. The molecule has 0 aromatic heterocycles. The average Bonchev–Trinajstić information content (AvgIpc) is 3.47. The molecule has 0 unspecified atom stereocenters. The number of hydrogen-bond donors (Lipinski definition) is 4. The monoisotopic (exact) mass is 722 g/mol. The SMILES string of the molecule is C[C@H](CCC(=O)N[C@@H](CCC(=O)Nc1ccc(F)cc1F)C(=O)OCc1ccccc1)[C@H]1CC[C@H]2[C@@H]3[C@H](O)C[C@@H]4C[C@H](O)CC[C@]4(C)[C@H]3CC[C@]12C. The Bertz CT molecular complexity index is 1590. The fourth-order valence-corrected chi connectivity index (χ4v) is 11.2. The van der Waals surface area contributed by atoms with Crippen molar-refractivity contribution in [2.45, 2.75) is 123 Å². The topological polar surface area (TPSA) is 125 Å². The first-order valence-electron chi connectivity index (χ1n) is 19.4. The Morgan fingerprint density at radius 3 is 2.35 bits per heavy atom. The molecule has 0 bridgehead atoms. The molecule has 0 saturated heterocycles. The molecule has 4 aliphatic rings. The number of benzene rings is 2. The van der Waals surface area contributed by atoms with Crippen LogP contribution in [-0.4, -0.2) is 46.2 Å². The number of aliphatic hydroxyl groups is 2. The summed E-state index contributed by atoms with van der Waals surface area (Å²) in [6.45, 7) is 7.07. The van der Waals surface area contributed by atoms with Crippen LogP contribution in [0.1, 0.15) is 103 Å². The molecular weight excluding hydrogens is 666 g/mol. The van der Waals surface area contributed by atoms with Crippen LogP contribution in [0.2, 0.25) is 0 Å². The van der Waals surface area contributed by atoms with Crippen molar-refractivity contribution in [3.63, 3.8) is 0 Å². The maximum Gasteiger partial charge on any atom is 0.328 e. The Labute approximate surface area is 306 Å². The summed E-state index contributed by atoms with van der Waals surface area (Å²) in [6, 6.07) is 10.9. The van der Waals surface area contributed by atoms with Crippen molar-refractivity contribution in [1.29, 1.82) is 0 Å². The zero-order valence-corrected chi connectivity index (χ0v) is 30.8. The molecular formula is C42H56F2N2O6. The summed E-state index contributed by atoms with van der Waals surface area (Å²) in [5, 5.41) is 27.2. The minimum atomic E-state index is -1.09. The van der Waals surface area contributed by atoms with Crippen LogP contribution >= 0.6 is 0 Å². The predicted octanol–water partition coefficient (Wildman–Crippen LogP) is 7.32. The lowest BCUT2D eigenvalue weighted by Gasteiger charge is -2.62. The first-order chi connectivity index (χ1) is 24.8. The second-order valence-electron chi connectivity index (χ2n) is 16.9. The summed E-state index contributed by atoms with van der Waals surface area (Å²) in [6.07, 6.45) is 7.82. The number of ether oxygens (including phenoxy) is 1. The van der Waals surface area contributed by atoms with Crippen LogP contribution in [0, 0.1) is 58.0 Å². The van der Waals surface area contributed by atoms with E-state index in [4.69, 9.17) is 4.74 Å². The quantitative estimate of drug-likeness (QED) is 0.170. The summed E-state index contributed by atoms with van der Waals surface area (Å²) in [5.41, 5.74) is 0.859. The number of nitrogens with one attached hydrogen (secondary N) is 2. The number of hydrogen-bond acceptors (Lipinski definition) is 6. The first-order valence-corrected chi connectivity index (χ1v) is 19.4. The van der Waals surface area contributed by atoms with Crippen LogP contribution in [0.5, 0.6) is 0 Å². The molecule has 10 heteroatoms. The maximum atomic E-state index is 14.1. The van der Waals surface area contributed by atoms with Gasteiger partial charge in [-0.1, -0.05) is 51.1 Å². The molecule has 0 spiro atoms. The number of rotatable bonds is 12. The van der Waals surface area contributed by atoms with E-state index in [9.17, 15) is 33.4 Å². The summed E-state index contributed by atoms with van der Waals surface area (Å²) in [7, 11) is 0. The normalized spacial score (nSPS) is 33.5. The molecule has 2 aromatic rings. The second-order valence-corrected chi connectivity index (χ2v) is 16.9. The van der Waals surface area contributed by atoms with Crippen molar-refractivity contribution in [2.24, 2.45) is 46.3 Å². The molecule has 0 aliphatic heterocycles. The van der Waals surface area contributed by atoms with Gasteiger partial charge in [0.2, 0.25) is 11.8 Å². The van der Waals surface area contributed by atoms with E-state index >= 15 is 0 Å². The highest BCUT2D eigenvalue weighted by molar-refractivity contribution is 5.91. The highest BCUT2D eigenvalue weighted by atomic mass is 19.1. The van der Waals surface area contributed by atoms with Crippen LogP contribution in [0.4, 0.5) is 14.5 Å². The summed E-state index contributed by atoms with van der Waals surface area (Å²) in [4.78, 5) is 39.3. The number of fused-ring (bicyclic) bond motifs is 5. The van der Waals surface area contributed by atoms with E-state index in [1.165, 1.54) is 0 Å². The van der Waals surface area contributed by atoms with E-state index in [0.717, 1.165) is 69.1 Å². The van der Waals surface area contributed by atoms with Crippen molar-refractivity contribution in [1.82, 2.24) is 5.32 Å². The van der Waals surface area contributed by atoms with Gasteiger partial charge in [-0.3, -0.25) is 9.59 Å². The molecule has 6 rings (SSSR count). The Morgan fingerprint density at radius 1 is 0.885 bits per heavy atom. The van der Waals surface area contributed by atoms with E-state index < -0.39 is 29.6 Å². The van der Waals surface area contributed by atoms with Crippen molar-refractivity contribution >= 4 is 23.5 Å². The fourth-order valence-electron chi connectivity index (χ4n) is 11.2. The van der Waals surface area contributed by atoms with Crippen LogP contribution in [0.3, 0.4) is 0 Å². The van der Waals surface area contributed by atoms with Crippen molar-refractivity contribution in [2.75, 3.05) is 5.32 Å². The molecule has 4 fully saturated rings. The molecule has 4 aliphatic carbocycles. The maximum absolute atomic E-state index is 14.1. The Balaban J connectivity index is 1.06. The molecule has 4 N–H and O–H groups in total. The van der Waals surface area contributed by atoms with Crippen molar-refractivity contribution < 1.29 is 38.1 Å². The van der Waals surface area contributed by atoms with E-state index in [0.29, 0.717) is 36.2 Å². The smallest absolute Gasteiger partial charge is 0.328 e. The van der Waals surface area contributed by atoms with Gasteiger partial charge in [0.25, 0.3) is 0 Å². The fraction of sp³-hybridized carbons (Fsp3) is 0.643. The van der Waals surface area contributed by atoms with E-state index in [1.807, 2.05) is 30.3 Å². The predicted molar refractivity (Wildman–Crippen MR) is 193 cm³/mol. The van der Waals surface area contributed by atoms with Crippen molar-refractivity contribution in [3.05, 3.63) is 65.7 Å². The van der Waals surface area contributed by atoms with Crippen LogP contribution < -0.4 is 10.6 Å². The Kier molecular flexibility index (Phi) is 11.8. The average molecular weight is 723 g/mol. The number of carbonyl (C=O) groups is 3. The minimum Gasteiger partial charge on any atom is -0.459 e. The molecule has 52 heavy (non-hydrogen) atoms. The third-order valence-electron chi connectivity index (χ3n) is 14.0. The van der Waals surface area contributed by atoms with Gasteiger partial charge in [0, 0.05) is 18.9 Å². The lowest BCUT2D eigenvalue weighted by atomic mass is 9.43. The standard InChI is InChI=1S/C42H56F2N2O6/c1-25(30-11-12-31-39-32(18-20-42(30,31)3)41(2)19-17-29(47)21-27(41)22-36(39)48)9-15-37(49)46-35(40(51)52-24-26-7-5-4-6-8-26)14-16-38(50)45-34-13-10-28(43)23-33(34)44/h4-8,10,13,23,25,27,29-32,35-36,39,47-48H,9,11-12,14-22,24H2,1-3H3,(H,45,50)(H,46,49)/t25-,27+,29-,30-,31+,32+,35+,36-,39+,41+,42-/m1/s1. The van der Waals surface area contributed by atoms with E-state index in [2.05, 4.69) is 31.4 Å². The van der Waals surface area contributed by atoms with Gasteiger partial charge in [-0.2, -0.15) is 0 Å². The Hall–Kier alpha value is -3.37. The number of carbonyl (C=O) groups excluding carboxylic acids is 3. The highest BCUT2D eigenvalue weighted by Crippen LogP contribution is 2.68. The molecule has 2 aromatic carbocycles. The van der Waals surface area contributed by atoms with E-state index in [-0.39, 0.29) is 72.3 Å². The van der Waals surface area contributed by atoms with Crippen molar-refractivity contribution in [3.8, 4) is 0 Å². The molecule has 284 valence electrons. The van der Waals surface area contributed by atoms with Crippen LogP contribution in [0.15, 0.2) is 48.5 Å². The minimum absolute atomic E-state index is 0.00973. The first kappa shape index (κ1) is 38.4. The molecule has 0 radical (unpaired) electrons. The zero-order chi connectivity index (χ0) is 37.2. The number of amides is 2. The summed E-state index contributed by atoms with van der Waals surface area (Å²) in [5.74, 6) is -0.993. The van der Waals surface area contributed by atoms with Gasteiger partial charge in [0.1, 0.15) is 24.3 Å². The molecule has 11 atom stereocenters.